The van der Waals surface area contributed by atoms with E-state index in [0.29, 0.717) is 11.5 Å². The molecule has 25 heavy (non-hydrogen) atoms. The third-order valence-corrected chi connectivity index (χ3v) is 3.19. The fourth-order valence-electron chi connectivity index (χ4n) is 1.84. The van der Waals surface area contributed by atoms with Crippen molar-refractivity contribution in [2.75, 3.05) is 13.7 Å². The van der Waals surface area contributed by atoms with E-state index in [1.807, 2.05) is 12.1 Å². The first kappa shape index (κ1) is 18.0. The number of ether oxygens (including phenoxy) is 1. The highest BCUT2D eigenvalue weighted by molar-refractivity contribution is 5.97. The second kappa shape index (κ2) is 9.07. The van der Waals surface area contributed by atoms with Crippen molar-refractivity contribution in [3.8, 4) is 5.75 Å². The summed E-state index contributed by atoms with van der Waals surface area (Å²) in [7, 11) is 1.59. The van der Waals surface area contributed by atoms with Gasteiger partial charge >= 0.3 is 0 Å². The molecule has 1 aromatic heterocycles. The maximum atomic E-state index is 11.7. The van der Waals surface area contributed by atoms with Gasteiger partial charge in [0.15, 0.2) is 0 Å². The number of furan rings is 1. The van der Waals surface area contributed by atoms with E-state index in [-0.39, 0.29) is 12.5 Å². The molecule has 2 rings (SSSR count). The largest absolute Gasteiger partial charge is 0.497 e. The zero-order chi connectivity index (χ0) is 18.1. The molecule has 0 radical (unpaired) electrons. The standard InChI is InChI=1S/C18H19N3O4/c1-13(16-4-3-11-25-16)20-21-18(23)12-19-17(22)10-7-14-5-8-15(24-2)9-6-14/h3-11H,12H2,1-2H3,(H,19,22)(H,21,23)/b10-7+,20-13?. The molecule has 2 aromatic rings. The molecule has 0 aliphatic carbocycles. The molecular weight excluding hydrogens is 322 g/mol. The van der Waals surface area contributed by atoms with E-state index >= 15 is 0 Å². The summed E-state index contributed by atoms with van der Waals surface area (Å²) in [6, 6.07) is 10.7. The Morgan fingerprint density at radius 1 is 1.24 bits per heavy atom. The van der Waals surface area contributed by atoms with Crippen LogP contribution >= 0.6 is 0 Å². The summed E-state index contributed by atoms with van der Waals surface area (Å²) < 4.78 is 10.2. The minimum Gasteiger partial charge on any atom is -0.497 e. The minimum atomic E-state index is -0.433. The van der Waals surface area contributed by atoms with Crippen LogP contribution in [0.4, 0.5) is 0 Å². The van der Waals surface area contributed by atoms with Gasteiger partial charge in [0.2, 0.25) is 5.91 Å². The predicted octanol–water partition coefficient (Wildman–Crippen LogP) is 1.96. The third kappa shape index (κ3) is 5.98. The molecule has 1 aromatic carbocycles. The lowest BCUT2D eigenvalue weighted by atomic mass is 10.2. The van der Waals surface area contributed by atoms with Gasteiger partial charge in [-0.05, 0) is 42.8 Å². The first-order valence-electron chi connectivity index (χ1n) is 7.55. The molecule has 0 spiro atoms. The number of carbonyl (C=O) groups excluding carboxylic acids is 2. The van der Waals surface area contributed by atoms with Gasteiger partial charge in [0.05, 0.1) is 19.9 Å². The Bertz CT molecular complexity index is 762. The van der Waals surface area contributed by atoms with Crippen molar-refractivity contribution in [3.63, 3.8) is 0 Å². The predicted molar refractivity (Wildman–Crippen MR) is 94.1 cm³/mol. The lowest BCUT2D eigenvalue weighted by molar-refractivity contribution is -0.123. The molecule has 0 aliphatic rings. The Labute approximate surface area is 145 Å². The summed E-state index contributed by atoms with van der Waals surface area (Å²) in [5.74, 6) is 0.491. The average Bonchev–Trinajstić information content (AvgIpc) is 3.18. The number of nitrogens with one attached hydrogen (secondary N) is 2. The summed E-state index contributed by atoms with van der Waals surface area (Å²) in [6.07, 6.45) is 4.52. The molecule has 7 heteroatoms. The highest BCUT2D eigenvalue weighted by atomic mass is 16.5. The number of hydrazone groups is 1. The normalized spacial score (nSPS) is 11.4. The molecule has 2 N–H and O–H groups in total. The van der Waals surface area contributed by atoms with Crippen LogP contribution in [0.5, 0.6) is 5.75 Å². The molecule has 0 saturated heterocycles. The zero-order valence-electron chi connectivity index (χ0n) is 14.0. The number of benzene rings is 1. The highest BCUT2D eigenvalue weighted by Gasteiger charge is 2.04. The average molecular weight is 341 g/mol. The van der Waals surface area contributed by atoms with Gasteiger partial charge in [-0.2, -0.15) is 5.10 Å². The van der Waals surface area contributed by atoms with Gasteiger partial charge in [-0.25, -0.2) is 5.43 Å². The summed E-state index contributed by atoms with van der Waals surface area (Å²) in [4.78, 5) is 23.4. The van der Waals surface area contributed by atoms with Crippen LogP contribution in [0.2, 0.25) is 0 Å². The van der Waals surface area contributed by atoms with Crippen molar-refractivity contribution in [1.82, 2.24) is 10.7 Å². The maximum absolute atomic E-state index is 11.7. The van der Waals surface area contributed by atoms with Crippen molar-refractivity contribution in [2.24, 2.45) is 5.10 Å². The second-order valence-corrected chi connectivity index (χ2v) is 5.03. The molecule has 1 heterocycles. The van der Waals surface area contributed by atoms with Gasteiger partial charge < -0.3 is 14.5 Å². The SMILES string of the molecule is COc1ccc(/C=C/C(=O)NCC(=O)NN=C(C)c2ccco2)cc1. The van der Waals surface area contributed by atoms with E-state index in [1.54, 1.807) is 44.4 Å². The van der Waals surface area contributed by atoms with Crippen LogP contribution in [0.25, 0.3) is 6.08 Å². The summed E-state index contributed by atoms with van der Waals surface area (Å²) in [6.45, 7) is 1.52. The molecule has 0 saturated carbocycles. The first-order valence-corrected chi connectivity index (χ1v) is 7.55. The van der Waals surface area contributed by atoms with Crippen molar-refractivity contribution >= 4 is 23.6 Å². The van der Waals surface area contributed by atoms with Crippen LogP contribution in [0, 0.1) is 0 Å². The number of carbonyl (C=O) groups is 2. The highest BCUT2D eigenvalue weighted by Crippen LogP contribution is 2.12. The Morgan fingerprint density at radius 2 is 2.00 bits per heavy atom. The Kier molecular flexibility index (Phi) is 6.53. The van der Waals surface area contributed by atoms with Crippen LogP contribution in [0.1, 0.15) is 18.2 Å². The van der Waals surface area contributed by atoms with Crippen LogP contribution in [0.3, 0.4) is 0 Å². The van der Waals surface area contributed by atoms with Crippen molar-refractivity contribution in [1.29, 1.82) is 0 Å². The van der Waals surface area contributed by atoms with E-state index < -0.39 is 5.91 Å². The van der Waals surface area contributed by atoms with Crippen molar-refractivity contribution in [2.45, 2.75) is 6.92 Å². The van der Waals surface area contributed by atoms with E-state index in [4.69, 9.17) is 9.15 Å². The van der Waals surface area contributed by atoms with Crippen LogP contribution in [-0.2, 0) is 9.59 Å². The topological polar surface area (TPSA) is 92.9 Å². The molecule has 7 nitrogen and oxygen atoms in total. The van der Waals surface area contributed by atoms with Gasteiger partial charge in [-0.15, -0.1) is 0 Å². The molecule has 2 amide bonds. The zero-order valence-corrected chi connectivity index (χ0v) is 14.0. The first-order chi connectivity index (χ1) is 12.1. The Morgan fingerprint density at radius 3 is 2.64 bits per heavy atom. The van der Waals surface area contributed by atoms with Gasteiger partial charge in [-0.3, -0.25) is 9.59 Å². The third-order valence-electron chi connectivity index (χ3n) is 3.19. The van der Waals surface area contributed by atoms with Gasteiger partial charge in [0.1, 0.15) is 17.2 Å². The summed E-state index contributed by atoms with van der Waals surface area (Å²) in [5, 5.41) is 6.38. The fourth-order valence-corrected chi connectivity index (χ4v) is 1.84. The lowest BCUT2D eigenvalue weighted by Crippen LogP contribution is -2.34. The number of hydrogen-bond donors (Lipinski definition) is 2. The summed E-state index contributed by atoms with van der Waals surface area (Å²) >= 11 is 0. The second-order valence-electron chi connectivity index (χ2n) is 5.03. The minimum absolute atomic E-state index is 0.180. The van der Waals surface area contributed by atoms with Gasteiger partial charge in [0, 0.05) is 6.08 Å². The van der Waals surface area contributed by atoms with Gasteiger partial charge in [0.25, 0.3) is 5.91 Å². The van der Waals surface area contributed by atoms with Crippen molar-refractivity contribution in [3.05, 3.63) is 60.1 Å². The number of nitrogens with zero attached hydrogens (tertiary/aromatic N) is 1. The molecule has 0 fully saturated rings. The van der Waals surface area contributed by atoms with Crippen molar-refractivity contribution < 1.29 is 18.7 Å². The monoisotopic (exact) mass is 341 g/mol. The molecular formula is C18H19N3O4. The van der Waals surface area contributed by atoms with Crippen LogP contribution < -0.4 is 15.5 Å². The number of hydrogen-bond acceptors (Lipinski definition) is 5. The maximum Gasteiger partial charge on any atom is 0.259 e. The molecule has 130 valence electrons. The summed E-state index contributed by atoms with van der Waals surface area (Å²) in [5.41, 5.74) is 3.73. The lowest BCUT2D eigenvalue weighted by Gasteiger charge is -2.02. The fraction of sp³-hybridized carbons (Fsp3) is 0.167. The van der Waals surface area contributed by atoms with Gasteiger partial charge in [-0.1, -0.05) is 12.1 Å². The smallest absolute Gasteiger partial charge is 0.259 e. The molecule has 0 bridgehead atoms. The number of amides is 2. The Balaban J connectivity index is 1.76. The number of rotatable bonds is 7. The van der Waals surface area contributed by atoms with Crippen LogP contribution in [-0.4, -0.2) is 31.2 Å². The van der Waals surface area contributed by atoms with E-state index in [2.05, 4.69) is 15.8 Å². The van der Waals surface area contributed by atoms with E-state index in [0.717, 1.165) is 11.3 Å². The van der Waals surface area contributed by atoms with Crippen LogP contribution in [0.15, 0.2) is 58.3 Å². The van der Waals surface area contributed by atoms with E-state index in [9.17, 15) is 9.59 Å². The van der Waals surface area contributed by atoms with E-state index in [1.165, 1.54) is 12.3 Å². The quantitative estimate of drug-likeness (QED) is 0.457. The number of methoxy groups -OCH3 is 1. The Hall–Kier alpha value is -3.35. The molecule has 0 atom stereocenters. The molecule has 0 unspecified atom stereocenters. The molecule has 0 aliphatic heterocycles.